The number of anilines is 2. The number of rotatable bonds is 11. The summed E-state index contributed by atoms with van der Waals surface area (Å²) < 4.78 is 37.9. The van der Waals surface area contributed by atoms with Gasteiger partial charge in [-0.05, 0) is 75.6 Å². The first kappa shape index (κ1) is 28.8. The number of aromatic nitrogens is 1. The van der Waals surface area contributed by atoms with E-state index in [1.54, 1.807) is 36.4 Å². The van der Waals surface area contributed by atoms with E-state index in [9.17, 15) is 9.18 Å². The third-order valence-electron chi connectivity index (χ3n) is 6.53. The second kappa shape index (κ2) is 13.3. The van der Waals surface area contributed by atoms with E-state index < -0.39 is 5.82 Å². The van der Waals surface area contributed by atoms with Gasteiger partial charge in [0.2, 0.25) is 5.88 Å². The number of carbonyl (C=O) groups excluding carboxylic acids is 1. The number of nitrogens with zero attached hydrogens (tertiary/aromatic N) is 1. The molecule has 7 nitrogen and oxygen atoms in total. The highest BCUT2D eigenvalue weighted by Crippen LogP contribution is 2.35. The molecular formula is C32H32ClFN2O5. The fourth-order valence-electron chi connectivity index (χ4n) is 4.63. The molecular weight excluding hydrogens is 547 g/mol. The number of hydrogen-bond acceptors (Lipinski definition) is 7. The first-order valence-corrected chi connectivity index (χ1v) is 14.1. The van der Waals surface area contributed by atoms with Crippen LogP contribution in [-0.2, 0) is 9.47 Å². The Morgan fingerprint density at radius 3 is 2.56 bits per heavy atom. The number of ketones is 1. The molecule has 0 aliphatic carbocycles. The minimum absolute atomic E-state index is 0.139. The Labute approximate surface area is 243 Å². The van der Waals surface area contributed by atoms with Crippen LogP contribution in [0, 0.1) is 5.82 Å². The third-order valence-corrected chi connectivity index (χ3v) is 6.78. The van der Waals surface area contributed by atoms with Crippen molar-refractivity contribution in [1.82, 2.24) is 4.98 Å². The molecule has 41 heavy (non-hydrogen) atoms. The molecule has 1 aliphatic heterocycles. The van der Waals surface area contributed by atoms with Crippen LogP contribution in [0.2, 0.25) is 5.02 Å². The summed E-state index contributed by atoms with van der Waals surface area (Å²) in [6, 6.07) is 18.6. The predicted octanol–water partition coefficient (Wildman–Crippen LogP) is 7.71. The molecule has 1 aliphatic rings. The van der Waals surface area contributed by atoms with Crippen LogP contribution in [0.1, 0.15) is 49.0 Å². The van der Waals surface area contributed by atoms with Gasteiger partial charge in [-0.2, -0.15) is 4.98 Å². The van der Waals surface area contributed by atoms with E-state index in [0.717, 1.165) is 19.3 Å². The number of fused-ring (bicyclic) bond motifs is 1. The molecule has 214 valence electrons. The van der Waals surface area contributed by atoms with Crippen LogP contribution >= 0.6 is 11.6 Å². The van der Waals surface area contributed by atoms with Crippen molar-refractivity contribution in [1.29, 1.82) is 0 Å². The summed E-state index contributed by atoms with van der Waals surface area (Å²) >= 11 is 6.07. The van der Waals surface area contributed by atoms with Gasteiger partial charge in [-0.25, -0.2) is 4.39 Å². The highest BCUT2D eigenvalue weighted by molar-refractivity contribution is 6.30. The Kier molecular flexibility index (Phi) is 9.34. The maximum atomic E-state index is 14.9. The van der Waals surface area contributed by atoms with E-state index in [0.29, 0.717) is 51.7 Å². The molecule has 1 aromatic heterocycles. The number of nitrogens with one attached hydrogen (secondary N) is 1. The zero-order chi connectivity index (χ0) is 28.8. The summed E-state index contributed by atoms with van der Waals surface area (Å²) in [5.74, 6) is -0.109. The zero-order valence-corrected chi connectivity index (χ0v) is 23.7. The van der Waals surface area contributed by atoms with Crippen molar-refractivity contribution in [2.75, 3.05) is 25.1 Å². The Bertz CT molecular complexity index is 1510. The number of pyridine rings is 1. The molecule has 2 heterocycles. The number of benzene rings is 3. The van der Waals surface area contributed by atoms with E-state index in [2.05, 4.69) is 5.32 Å². The SMILES string of the molecule is CC(C)Oc1ccc(Nc2nc(OCCOC3CCCCO3)c3ccccc3c2C(=O)c2ccc(Cl)cc2)cc1F. The maximum Gasteiger partial charge on any atom is 0.223 e. The summed E-state index contributed by atoms with van der Waals surface area (Å²) in [5, 5.41) is 4.96. The molecule has 5 rings (SSSR count). The van der Waals surface area contributed by atoms with E-state index in [4.69, 9.17) is 35.5 Å². The van der Waals surface area contributed by atoms with E-state index in [-0.39, 0.29) is 36.4 Å². The molecule has 0 bridgehead atoms. The quantitative estimate of drug-likeness (QED) is 0.144. The summed E-state index contributed by atoms with van der Waals surface area (Å²) in [6.45, 7) is 4.90. The lowest BCUT2D eigenvalue weighted by Gasteiger charge is -2.22. The standard InChI is InChI=1S/C32H32ClFN2O5/c1-20(2)41-27-15-14-23(19-26(27)34)35-31-29(30(37)21-10-12-22(33)13-11-21)24-7-3-4-8-25(24)32(36-31)40-18-17-39-28-9-5-6-16-38-28/h3-4,7-8,10-15,19-20,28H,5-6,9,16-18H2,1-2H3,(H,35,36). The Morgan fingerprint density at radius 2 is 1.85 bits per heavy atom. The normalized spacial score (nSPS) is 15.2. The fraction of sp³-hybridized carbons (Fsp3) is 0.312. The van der Waals surface area contributed by atoms with E-state index in [1.165, 1.54) is 6.07 Å². The van der Waals surface area contributed by atoms with Gasteiger partial charge in [-0.15, -0.1) is 0 Å². The molecule has 1 fully saturated rings. The lowest BCUT2D eigenvalue weighted by molar-refractivity contribution is -0.165. The minimum atomic E-state index is -0.534. The fourth-order valence-corrected chi connectivity index (χ4v) is 4.76. The second-order valence-corrected chi connectivity index (χ2v) is 10.4. The molecule has 3 aromatic carbocycles. The van der Waals surface area contributed by atoms with Gasteiger partial charge < -0.3 is 24.3 Å². The summed E-state index contributed by atoms with van der Waals surface area (Å²) in [6.07, 6.45) is 2.56. The Hall–Kier alpha value is -3.72. The third kappa shape index (κ3) is 7.14. The van der Waals surface area contributed by atoms with Crippen LogP contribution in [0.25, 0.3) is 10.8 Å². The molecule has 1 N–H and O–H groups in total. The molecule has 1 atom stereocenters. The number of halogens is 2. The van der Waals surface area contributed by atoms with Crippen molar-refractivity contribution < 1.29 is 28.1 Å². The number of carbonyl (C=O) groups is 1. The summed E-state index contributed by atoms with van der Waals surface area (Å²) in [4.78, 5) is 18.6. The topological polar surface area (TPSA) is 78.9 Å². The van der Waals surface area contributed by atoms with Crippen LogP contribution in [-0.4, -0.2) is 43.0 Å². The first-order valence-electron chi connectivity index (χ1n) is 13.7. The van der Waals surface area contributed by atoms with Gasteiger partial charge in [0, 0.05) is 39.7 Å². The highest BCUT2D eigenvalue weighted by atomic mass is 35.5. The van der Waals surface area contributed by atoms with Crippen molar-refractivity contribution in [3.63, 3.8) is 0 Å². The molecule has 0 radical (unpaired) electrons. The summed E-state index contributed by atoms with van der Waals surface area (Å²) in [7, 11) is 0. The van der Waals surface area contributed by atoms with Gasteiger partial charge in [0.25, 0.3) is 0 Å². The van der Waals surface area contributed by atoms with Crippen molar-refractivity contribution in [3.05, 3.63) is 88.7 Å². The van der Waals surface area contributed by atoms with Gasteiger partial charge in [0.1, 0.15) is 12.4 Å². The van der Waals surface area contributed by atoms with Gasteiger partial charge in [-0.1, -0.05) is 29.8 Å². The lowest BCUT2D eigenvalue weighted by atomic mass is 9.98. The average molecular weight is 579 g/mol. The highest BCUT2D eigenvalue weighted by Gasteiger charge is 2.23. The Morgan fingerprint density at radius 1 is 1.07 bits per heavy atom. The summed E-state index contributed by atoms with van der Waals surface area (Å²) in [5.41, 5.74) is 1.16. The van der Waals surface area contributed by atoms with Gasteiger partial charge in [0.15, 0.2) is 23.6 Å². The first-order chi connectivity index (χ1) is 19.9. The zero-order valence-electron chi connectivity index (χ0n) is 23.0. The molecule has 1 saturated heterocycles. The number of hydrogen-bond donors (Lipinski definition) is 1. The molecule has 0 saturated carbocycles. The van der Waals surface area contributed by atoms with Gasteiger partial charge in [0.05, 0.1) is 18.3 Å². The van der Waals surface area contributed by atoms with Crippen molar-refractivity contribution in [3.8, 4) is 11.6 Å². The average Bonchev–Trinajstić information content (AvgIpc) is 2.97. The van der Waals surface area contributed by atoms with Crippen LogP contribution in [0.15, 0.2) is 66.7 Å². The van der Waals surface area contributed by atoms with E-state index in [1.807, 2.05) is 38.1 Å². The molecule has 1 unspecified atom stereocenters. The van der Waals surface area contributed by atoms with Gasteiger partial charge in [-0.3, -0.25) is 4.79 Å². The largest absolute Gasteiger partial charge is 0.488 e. The monoisotopic (exact) mass is 578 g/mol. The molecule has 0 spiro atoms. The van der Waals surface area contributed by atoms with Crippen LogP contribution in [0.5, 0.6) is 11.6 Å². The molecule has 9 heteroatoms. The minimum Gasteiger partial charge on any atom is -0.488 e. The molecule has 4 aromatic rings. The lowest BCUT2D eigenvalue weighted by Crippen LogP contribution is -2.24. The van der Waals surface area contributed by atoms with Crippen molar-refractivity contribution in [2.45, 2.75) is 45.5 Å². The van der Waals surface area contributed by atoms with Crippen LogP contribution in [0.3, 0.4) is 0 Å². The predicted molar refractivity (Wildman–Crippen MR) is 157 cm³/mol. The molecule has 0 amide bonds. The van der Waals surface area contributed by atoms with Crippen molar-refractivity contribution in [2.24, 2.45) is 0 Å². The van der Waals surface area contributed by atoms with Crippen molar-refractivity contribution >= 4 is 39.7 Å². The second-order valence-electron chi connectivity index (χ2n) is 9.97. The number of ether oxygens (including phenoxy) is 4. The van der Waals surface area contributed by atoms with Gasteiger partial charge >= 0.3 is 0 Å². The maximum absolute atomic E-state index is 14.9. The Balaban J connectivity index is 1.50. The van der Waals surface area contributed by atoms with E-state index >= 15 is 0 Å². The smallest absolute Gasteiger partial charge is 0.223 e. The van der Waals surface area contributed by atoms with Crippen LogP contribution < -0.4 is 14.8 Å². The van der Waals surface area contributed by atoms with Crippen LogP contribution in [0.4, 0.5) is 15.9 Å².